The van der Waals surface area contributed by atoms with Gasteiger partial charge in [0, 0.05) is 19.4 Å². The molecule has 2 N–H and O–H groups in total. The van der Waals surface area contributed by atoms with Crippen LogP contribution in [0.25, 0.3) is 0 Å². The van der Waals surface area contributed by atoms with Crippen LogP contribution in [-0.4, -0.2) is 53.9 Å². The van der Waals surface area contributed by atoms with Gasteiger partial charge in [0.25, 0.3) is 0 Å². The third-order valence-electron chi connectivity index (χ3n) is 5.66. The molecule has 0 saturated carbocycles. The minimum Gasteiger partial charge on any atom is -0.481 e. The second-order valence-corrected chi connectivity index (χ2v) is 8.00. The van der Waals surface area contributed by atoms with Gasteiger partial charge in [-0.2, -0.15) is 0 Å². The van der Waals surface area contributed by atoms with Crippen molar-refractivity contribution in [2.24, 2.45) is 5.92 Å². The molecular weight excluding hydrogens is 428 g/mol. The van der Waals surface area contributed by atoms with Crippen molar-refractivity contribution < 1.29 is 38.7 Å². The molecule has 0 radical (unpaired) electrons. The number of carboxylic acids is 2. The maximum Gasteiger partial charge on any atom is 0.303 e. The first-order valence-corrected chi connectivity index (χ1v) is 10.9. The lowest BCUT2D eigenvalue weighted by atomic mass is 9.84. The molecule has 2 aromatic rings. The lowest BCUT2D eigenvalue weighted by molar-refractivity contribution is -0.301. The van der Waals surface area contributed by atoms with Crippen molar-refractivity contribution in [2.45, 2.75) is 57.1 Å². The summed E-state index contributed by atoms with van der Waals surface area (Å²) in [5, 5.41) is 18.7. The van der Waals surface area contributed by atoms with Gasteiger partial charge in [0.2, 0.25) is 0 Å². The number of rotatable bonds is 12. The van der Waals surface area contributed by atoms with Crippen LogP contribution in [-0.2, 0) is 41.8 Å². The molecule has 1 aliphatic rings. The number of carbonyl (C=O) groups is 2. The Morgan fingerprint density at radius 1 is 0.848 bits per heavy atom. The van der Waals surface area contributed by atoms with Crippen LogP contribution in [0, 0.1) is 5.92 Å². The second-order valence-electron chi connectivity index (χ2n) is 8.00. The fraction of sp³-hybridized carbons (Fsp3) is 0.440. The standard InChI is InChI=1S/C25H30O8/c1-30-25-24(32-16-18-10-6-3-7-11-18)23(31-15-17-8-4-2-5-9-17)19(14-22(28)29)20(33-25)12-13-21(26)27/h2-11,19-20,23-25H,12-16H2,1H3,(H,26,27)(H,28,29)/t19-,20?,23?,24?,25-/m0/s1. The number of hydrogen-bond donors (Lipinski definition) is 2. The van der Waals surface area contributed by atoms with Crippen LogP contribution in [0.2, 0.25) is 0 Å². The van der Waals surface area contributed by atoms with Crippen molar-refractivity contribution in [3.05, 3.63) is 71.8 Å². The zero-order chi connectivity index (χ0) is 23.6. The van der Waals surface area contributed by atoms with Crippen molar-refractivity contribution in [1.82, 2.24) is 0 Å². The Morgan fingerprint density at radius 2 is 1.39 bits per heavy atom. The molecule has 1 heterocycles. The van der Waals surface area contributed by atoms with Crippen LogP contribution >= 0.6 is 0 Å². The van der Waals surface area contributed by atoms with E-state index in [1.807, 2.05) is 60.7 Å². The molecule has 5 atom stereocenters. The lowest BCUT2D eigenvalue weighted by Crippen LogP contribution is -2.57. The average molecular weight is 459 g/mol. The van der Waals surface area contributed by atoms with E-state index < -0.39 is 42.5 Å². The van der Waals surface area contributed by atoms with E-state index in [0.717, 1.165) is 11.1 Å². The molecule has 3 unspecified atom stereocenters. The van der Waals surface area contributed by atoms with Gasteiger partial charge in [0.1, 0.15) is 6.10 Å². The van der Waals surface area contributed by atoms with Gasteiger partial charge in [-0.15, -0.1) is 0 Å². The first-order chi connectivity index (χ1) is 16.0. The highest BCUT2D eigenvalue weighted by atomic mass is 16.7. The van der Waals surface area contributed by atoms with Crippen LogP contribution in [0.5, 0.6) is 0 Å². The molecule has 1 saturated heterocycles. The van der Waals surface area contributed by atoms with Crippen LogP contribution in [0.4, 0.5) is 0 Å². The molecule has 0 aliphatic carbocycles. The molecule has 0 aromatic heterocycles. The molecular formula is C25H30O8. The predicted octanol–water partition coefficient (Wildman–Crippen LogP) is 3.48. The van der Waals surface area contributed by atoms with Gasteiger partial charge in [-0.25, -0.2) is 0 Å². The molecule has 1 aliphatic heterocycles. The Hall–Kier alpha value is -2.78. The number of aliphatic carboxylic acids is 2. The van der Waals surface area contributed by atoms with E-state index in [1.54, 1.807) is 0 Å². The summed E-state index contributed by atoms with van der Waals surface area (Å²) in [4.78, 5) is 22.9. The topological polar surface area (TPSA) is 112 Å². The maximum atomic E-state index is 11.7. The lowest BCUT2D eigenvalue weighted by Gasteiger charge is -2.45. The number of methoxy groups -OCH3 is 1. The minimum absolute atomic E-state index is 0.143. The second kappa shape index (κ2) is 12.5. The van der Waals surface area contributed by atoms with E-state index in [0.29, 0.717) is 0 Å². The van der Waals surface area contributed by atoms with E-state index in [4.69, 9.17) is 24.1 Å². The summed E-state index contributed by atoms with van der Waals surface area (Å²) in [6.07, 6.45) is -3.14. The molecule has 3 rings (SSSR count). The van der Waals surface area contributed by atoms with Crippen LogP contribution in [0.15, 0.2) is 60.7 Å². The maximum absolute atomic E-state index is 11.7. The Balaban J connectivity index is 1.86. The highest BCUT2D eigenvalue weighted by Crippen LogP contribution is 2.36. The zero-order valence-electron chi connectivity index (χ0n) is 18.5. The molecule has 0 spiro atoms. The van der Waals surface area contributed by atoms with Gasteiger partial charge in [0.15, 0.2) is 6.29 Å². The first kappa shape index (κ1) is 24.9. The normalized spacial score (nSPS) is 24.9. The summed E-state index contributed by atoms with van der Waals surface area (Å²) in [6.45, 7) is 0.508. The Bertz CT molecular complexity index is 872. The summed E-state index contributed by atoms with van der Waals surface area (Å²) in [5.74, 6) is -2.61. The molecule has 1 fully saturated rings. The SMILES string of the molecule is CO[C@H]1OC(CCC(=O)O)[C@H](CC(=O)O)C(OCc2ccccc2)C1OCc1ccccc1. The molecule has 33 heavy (non-hydrogen) atoms. The van der Waals surface area contributed by atoms with Gasteiger partial charge in [-0.3, -0.25) is 9.59 Å². The predicted molar refractivity (Wildman–Crippen MR) is 118 cm³/mol. The van der Waals surface area contributed by atoms with Crippen molar-refractivity contribution >= 4 is 11.9 Å². The van der Waals surface area contributed by atoms with Crippen molar-refractivity contribution in [3.63, 3.8) is 0 Å². The van der Waals surface area contributed by atoms with Crippen LogP contribution < -0.4 is 0 Å². The fourth-order valence-electron chi connectivity index (χ4n) is 4.07. The zero-order valence-corrected chi connectivity index (χ0v) is 18.5. The quantitative estimate of drug-likeness (QED) is 0.497. The fourth-order valence-corrected chi connectivity index (χ4v) is 4.07. The number of ether oxygens (including phenoxy) is 4. The summed E-state index contributed by atoms with van der Waals surface area (Å²) >= 11 is 0. The highest BCUT2D eigenvalue weighted by molar-refractivity contribution is 5.68. The summed E-state index contributed by atoms with van der Waals surface area (Å²) in [7, 11) is 1.48. The van der Waals surface area contributed by atoms with Crippen LogP contribution in [0.3, 0.4) is 0 Å². The van der Waals surface area contributed by atoms with Gasteiger partial charge in [-0.05, 0) is 17.5 Å². The summed E-state index contributed by atoms with van der Waals surface area (Å²) in [5.41, 5.74) is 1.87. The summed E-state index contributed by atoms with van der Waals surface area (Å²) < 4.78 is 24.0. The van der Waals surface area contributed by atoms with Crippen molar-refractivity contribution in [2.75, 3.05) is 7.11 Å². The van der Waals surface area contributed by atoms with E-state index in [9.17, 15) is 14.7 Å². The summed E-state index contributed by atoms with van der Waals surface area (Å²) in [6, 6.07) is 19.1. The van der Waals surface area contributed by atoms with E-state index in [2.05, 4.69) is 0 Å². The van der Waals surface area contributed by atoms with Crippen molar-refractivity contribution in [1.29, 1.82) is 0 Å². The minimum atomic E-state index is -1.02. The van der Waals surface area contributed by atoms with Gasteiger partial charge in [0.05, 0.1) is 31.8 Å². The monoisotopic (exact) mass is 458 g/mol. The molecule has 178 valence electrons. The van der Waals surface area contributed by atoms with E-state index >= 15 is 0 Å². The average Bonchev–Trinajstić information content (AvgIpc) is 2.82. The third-order valence-corrected chi connectivity index (χ3v) is 5.66. The largest absolute Gasteiger partial charge is 0.481 e. The van der Waals surface area contributed by atoms with Crippen LogP contribution in [0.1, 0.15) is 30.4 Å². The van der Waals surface area contributed by atoms with Gasteiger partial charge >= 0.3 is 11.9 Å². The number of carboxylic acid groups (broad SMARTS) is 2. The first-order valence-electron chi connectivity index (χ1n) is 10.9. The van der Waals surface area contributed by atoms with Gasteiger partial charge < -0.3 is 29.2 Å². The molecule has 0 amide bonds. The van der Waals surface area contributed by atoms with E-state index in [-0.39, 0.29) is 32.5 Å². The Morgan fingerprint density at radius 3 is 1.88 bits per heavy atom. The number of hydrogen-bond acceptors (Lipinski definition) is 6. The van der Waals surface area contributed by atoms with Gasteiger partial charge in [-0.1, -0.05) is 60.7 Å². The molecule has 2 aromatic carbocycles. The Kier molecular flexibility index (Phi) is 9.38. The smallest absolute Gasteiger partial charge is 0.303 e. The molecule has 8 nitrogen and oxygen atoms in total. The van der Waals surface area contributed by atoms with E-state index in [1.165, 1.54) is 7.11 Å². The Labute approximate surface area is 193 Å². The number of benzene rings is 2. The third kappa shape index (κ3) is 7.36. The molecule has 0 bridgehead atoms. The molecule has 8 heteroatoms. The highest BCUT2D eigenvalue weighted by Gasteiger charge is 2.48. The van der Waals surface area contributed by atoms with Crippen molar-refractivity contribution in [3.8, 4) is 0 Å².